The standard InChI is InChI=1S/C6H9FO2/c7-4-3-8-2-1-5-6(4)9-5/h4-6H,1-3H2. The van der Waals surface area contributed by atoms with Gasteiger partial charge in [0.2, 0.25) is 0 Å². The molecule has 0 saturated carbocycles. The highest BCUT2D eigenvalue weighted by Crippen LogP contribution is 2.32. The Bertz CT molecular complexity index is 118. The Kier molecular flexibility index (Phi) is 1.20. The van der Waals surface area contributed by atoms with Crippen LogP contribution in [0.4, 0.5) is 4.39 Å². The topological polar surface area (TPSA) is 21.8 Å². The van der Waals surface area contributed by atoms with Crippen LogP contribution in [-0.2, 0) is 9.47 Å². The highest BCUT2D eigenvalue weighted by molar-refractivity contribution is 4.92. The van der Waals surface area contributed by atoms with Crippen molar-refractivity contribution >= 4 is 0 Å². The van der Waals surface area contributed by atoms with E-state index >= 15 is 0 Å². The zero-order valence-electron chi connectivity index (χ0n) is 5.05. The van der Waals surface area contributed by atoms with E-state index in [2.05, 4.69) is 0 Å². The smallest absolute Gasteiger partial charge is 0.152 e. The Labute approximate surface area is 52.9 Å². The molecular weight excluding hydrogens is 123 g/mol. The van der Waals surface area contributed by atoms with Gasteiger partial charge in [0.25, 0.3) is 0 Å². The molecule has 2 aliphatic heterocycles. The van der Waals surface area contributed by atoms with Crippen LogP contribution in [0.15, 0.2) is 0 Å². The van der Waals surface area contributed by atoms with Gasteiger partial charge in [-0.25, -0.2) is 4.39 Å². The van der Waals surface area contributed by atoms with Crippen molar-refractivity contribution in [3.8, 4) is 0 Å². The summed E-state index contributed by atoms with van der Waals surface area (Å²) in [5.41, 5.74) is 0. The van der Waals surface area contributed by atoms with E-state index in [1.165, 1.54) is 0 Å². The number of hydrogen-bond donors (Lipinski definition) is 0. The third kappa shape index (κ3) is 0.946. The molecule has 2 aliphatic rings. The molecule has 9 heavy (non-hydrogen) atoms. The predicted molar refractivity (Wildman–Crippen MR) is 29.0 cm³/mol. The summed E-state index contributed by atoms with van der Waals surface area (Å²) in [6.07, 6.45) is 0.0259. The lowest BCUT2D eigenvalue weighted by Gasteiger charge is -2.01. The number of ether oxygens (including phenoxy) is 2. The molecule has 2 rings (SSSR count). The predicted octanol–water partition coefficient (Wildman–Crippen LogP) is 0.512. The number of alkyl halides is 1. The summed E-state index contributed by atoms with van der Waals surface area (Å²) in [6.45, 7) is 0.878. The van der Waals surface area contributed by atoms with E-state index in [9.17, 15) is 4.39 Å². The van der Waals surface area contributed by atoms with Crippen molar-refractivity contribution in [3.63, 3.8) is 0 Å². The molecule has 0 aromatic rings. The molecule has 0 aromatic heterocycles. The second-order valence-electron chi connectivity index (χ2n) is 2.52. The number of halogens is 1. The van der Waals surface area contributed by atoms with Crippen LogP contribution >= 0.6 is 0 Å². The first-order valence-corrected chi connectivity index (χ1v) is 3.25. The first kappa shape index (κ1) is 5.62. The minimum Gasteiger partial charge on any atom is -0.378 e. The molecule has 2 saturated heterocycles. The number of hydrogen-bond acceptors (Lipinski definition) is 2. The number of fused-ring (bicyclic) bond motifs is 1. The van der Waals surface area contributed by atoms with E-state index in [0.717, 1.165) is 6.42 Å². The van der Waals surface area contributed by atoms with Crippen molar-refractivity contribution in [2.75, 3.05) is 13.2 Å². The first-order chi connectivity index (χ1) is 4.38. The maximum absolute atomic E-state index is 12.6. The van der Waals surface area contributed by atoms with Gasteiger partial charge >= 0.3 is 0 Å². The minimum absolute atomic E-state index is 0.132. The summed E-state index contributed by atoms with van der Waals surface area (Å²) < 4.78 is 22.6. The van der Waals surface area contributed by atoms with Crippen LogP contribution in [0.1, 0.15) is 6.42 Å². The van der Waals surface area contributed by atoms with Gasteiger partial charge in [-0.3, -0.25) is 0 Å². The third-order valence-corrected chi connectivity index (χ3v) is 1.80. The average Bonchev–Trinajstić information content (AvgIpc) is 2.55. The van der Waals surface area contributed by atoms with Crippen LogP contribution in [0.3, 0.4) is 0 Å². The van der Waals surface area contributed by atoms with Crippen LogP contribution in [0.5, 0.6) is 0 Å². The quantitative estimate of drug-likeness (QED) is 0.448. The van der Waals surface area contributed by atoms with Crippen LogP contribution < -0.4 is 0 Å². The van der Waals surface area contributed by atoms with Crippen molar-refractivity contribution in [1.82, 2.24) is 0 Å². The van der Waals surface area contributed by atoms with Gasteiger partial charge in [0.15, 0.2) is 6.17 Å². The number of epoxide rings is 1. The SMILES string of the molecule is FC1COCCC2OC12. The highest BCUT2D eigenvalue weighted by atomic mass is 19.1. The Balaban J connectivity index is 1.96. The minimum atomic E-state index is -0.877. The Hall–Kier alpha value is -0.150. The molecule has 3 atom stereocenters. The summed E-state index contributed by atoms with van der Waals surface area (Å²) in [5.74, 6) is 0. The lowest BCUT2D eigenvalue weighted by Crippen LogP contribution is -2.15. The lowest BCUT2D eigenvalue weighted by molar-refractivity contribution is 0.0645. The molecule has 0 aromatic carbocycles. The molecule has 3 unspecified atom stereocenters. The Morgan fingerprint density at radius 1 is 1.44 bits per heavy atom. The van der Waals surface area contributed by atoms with Crippen molar-refractivity contribution in [2.45, 2.75) is 24.8 Å². The van der Waals surface area contributed by atoms with Gasteiger partial charge in [-0.1, -0.05) is 0 Å². The number of rotatable bonds is 0. The van der Waals surface area contributed by atoms with Gasteiger partial charge in [-0.2, -0.15) is 0 Å². The Morgan fingerprint density at radius 2 is 2.33 bits per heavy atom. The fourth-order valence-corrected chi connectivity index (χ4v) is 1.20. The molecule has 0 aliphatic carbocycles. The van der Waals surface area contributed by atoms with E-state index in [1.54, 1.807) is 0 Å². The molecular formula is C6H9FO2. The molecule has 0 spiro atoms. The maximum Gasteiger partial charge on any atom is 0.152 e. The Morgan fingerprint density at radius 3 is 3.22 bits per heavy atom. The van der Waals surface area contributed by atoms with Crippen molar-refractivity contribution < 1.29 is 13.9 Å². The van der Waals surface area contributed by atoms with Gasteiger partial charge in [-0.05, 0) is 6.42 Å². The van der Waals surface area contributed by atoms with E-state index in [4.69, 9.17) is 9.47 Å². The average molecular weight is 132 g/mol. The molecule has 52 valence electrons. The largest absolute Gasteiger partial charge is 0.378 e. The summed E-state index contributed by atoms with van der Waals surface area (Å²) in [4.78, 5) is 0. The molecule has 0 bridgehead atoms. The van der Waals surface area contributed by atoms with Crippen molar-refractivity contribution in [2.24, 2.45) is 0 Å². The van der Waals surface area contributed by atoms with E-state index in [0.29, 0.717) is 6.61 Å². The van der Waals surface area contributed by atoms with Crippen molar-refractivity contribution in [3.05, 3.63) is 0 Å². The van der Waals surface area contributed by atoms with Crippen LogP contribution in [0, 0.1) is 0 Å². The molecule has 2 nitrogen and oxygen atoms in total. The van der Waals surface area contributed by atoms with Gasteiger partial charge in [0, 0.05) is 6.61 Å². The molecule has 0 N–H and O–H groups in total. The summed E-state index contributed by atoms with van der Waals surface area (Å²) >= 11 is 0. The van der Waals surface area contributed by atoms with E-state index in [1.807, 2.05) is 0 Å². The molecule has 0 amide bonds. The van der Waals surface area contributed by atoms with E-state index in [-0.39, 0.29) is 18.8 Å². The van der Waals surface area contributed by atoms with Crippen LogP contribution in [0.2, 0.25) is 0 Å². The fraction of sp³-hybridized carbons (Fsp3) is 1.00. The zero-order chi connectivity index (χ0) is 6.27. The van der Waals surface area contributed by atoms with Crippen molar-refractivity contribution in [1.29, 1.82) is 0 Å². The van der Waals surface area contributed by atoms with Gasteiger partial charge < -0.3 is 9.47 Å². The summed E-state index contributed by atoms with van der Waals surface area (Å²) in [6, 6.07) is 0. The van der Waals surface area contributed by atoms with E-state index < -0.39 is 6.17 Å². The van der Waals surface area contributed by atoms with Crippen LogP contribution in [-0.4, -0.2) is 31.6 Å². The monoisotopic (exact) mass is 132 g/mol. The van der Waals surface area contributed by atoms with Gasteiger partial charge in [-0.15, -0.1) is 0 Å². The maximum atomic E-state index is 12.6. The molecule has 0 radical (unpaired) electrons. The second-order valence-corrected chi connectivity index (χ2v) is 2.52. The second kappa shape index (κ2) is 1.92. The summed E-state index contributed by atoms with van der Waals surface area (Å²) in [5, 5.41) is 0. The lowest BCUT2D eigenvalue weighted by atomic mass is 10.2. The molecule has 3 heteroatoms. The normalized spacial score (nSPS) is 49.7. The highest BCUT2D eigenvalue weighted by Gasteiger charge is 2.46. The molecule has 2 heterocycles. The molecule has 2 fully saturated rings. The van der Waals surface area contributed by atoms with Gasteiger partial charge in [0.05, 0.1) is 12.7 Å². The fourth-order valence-electron chi connectivity index (χ4n) is 1.20. The van der Waals surface area contributed by atoms with Gasteiger partial charge in [0.1, 0.15) is 6.10 Å². The first-order valence-electron chi connectivity index (χ1n) is 3.25. The third-order valence-electron chi connectivity index (χ3n) is 1.80. The van der Waals surface area contributed by atoms with Crippen LogP contribution in [0.25, 0.3) is 0 Å². The zero-order valence-corrected chi connectivity index (χ0v) is 5.05. The summed E-state index contributed by atoms with van der Waals surface area (Å²) in [7, 11) is 0.